The van der Waals surface area contributed by atoms with E-state index in [1.807, 2.05) is 0 Å². The van der Waals surface area contributed by atoms with Crippen molar-refractivity contribution in [3.63, 3.8) is 0 Å². The third-order valence-corrected chi connectivity index (χ3v) is 13.5. The third-order valence-electron chi connectivity index (χ3n) is 13.5. The first-order valence-electron chi connectivity index (χ1n) is 31.7. The predicted octanol–water partition coefficient (Wildman–Crippen LogP) is 21.7. The Hall–Kier alpha value is -3.67. The molecular formula is C69H118O6. The first kappa shape index (κ1) is 71.3. The Morgan fingerprint density at radius 2 is 0.520 bits per heavy atom. The van der Waals surface area contributed by atoms with Crippen molar-refractivity contribution < 1.29 is 28.6 Å². The van der Waals surface area contributed by atoms with E-state index in [0.717, 1.165) is 116 Å². The van der Waals surface area contributed by atoms with Gasteiger partial charge in [-0.2, -0.15) is 0 Å². The van der Waals surface area contributed by atoms with Crippen molar-refractivity contribution >= 4 is 17.9 Å². The van der Waals surface area contributed by atoms with E-state index in [2.05, 4.69) is 118 Å². The molecule has 0 aromatic rings. The van der Waals surface area contributed by atoms with Crippen LogP contribution in [0.3, 0.4) is 0 Å². The van der Waals surface area contributed by atoms with Crippen LogP contribution in [0.1, 0.15) is 303 Å². The second kappa shape index (κ2) is 62.9. The average Bonchev–Trinajstić information content (AvgIpc) is 3.41. The van der Waals surface area contributed by atoms with E-state index in [9.17, 15) is 14.4 Å². The molecule has 75 heavy (non-hydrogen) atoms. The second-order valence-electron chi connectivity index (χ2n) is 20.9. The van der Waals surface area contributed by atoms with Crippen molar-refractivity contribution in [1.82, 2.24) is 0 Å². The van der Waals surface area contributed by atoms with Gasteiger partial charge in [-0.05, 0) is 122 Å². The van der Waals surface area contributed by atoms with E-state index >= 15 is 0 Å². The lowest BCUT2D eigenvalue weighted by Gasteiger charge is -2.18. The number of rotatable bonds is 57. The summed E-state index contributed by atoms with van der Waals surface area (Å²) in [4.78, 5) is 38.3. The molecule has 0 heterocycles. The fourth-order valence-electron chi connectivity index (χ4n) is 8.79. The van der Waals surface area contributed by atoms with Gasteiger partial charge in [0.2, 0.25) is 0 Å². The molecular weight excluding hydrogens is 925 g/mol. The molecule has 0 aliphatic rings. The fourth-order valence-corrected chi connectivity index (χ4v) is 8.79. The Morgan fingerprint density at radius 1 is 0.280 bits per heavy atom. The quantitative estimate of drug-likeness (QED) is 0.0261. The molecule has 0 aliphatic heterocycles. The molecule has 0 radical (unpaired) electrons. The fraction of sp³-hybridized carbons (Fsp3) is 0.725. The van der Waals surface area contributed by atoms with Crippen LogP contribution in [-0.2, 0) is 28.6 Å². The van der Waals surface area contributed by atoms with E-state index in [-0.39, 0.29) is 31.1 Å². The molecule has 0 bridgehead atoms. The molecule has 0 spiro atoms. The Kier molecular flexibility index (Phi) is 59.8. The van der Waals surface area contributed by atoms with Crippen LogP contribution in [0.25, 0.3) is 0 Å². The molecule has 0 rings (SSSR count). The second-order valence-corrected chi connectivity index (χ2v) is 20.9. The third kappa shape index (κ3) is 61.1. The molecule has 430 valence electrons. The van der Waals surface area contributed by atoms with E-state index < -0.39 is 6.10 Å². The lowest BCUT2D eigenvalue weighted by Crippen LogP contribution is -2.30. The number of esters is 3. The van der Waals surface area contributed by atoms with Gasteiger partial charge in [-0.1, -0.05) is 259 Å². The maximum absolute atomic E-state index is 12.9. The SMILES string of the molecule is CC/C=C\C/C=C\C/C=C\C/C=C\C/C=C\CCCCCCCCCC(=O)OCC(COC(=O)CCCCCCC/C=C\CCCCCCCCC)OC(=O)CCCCCCCCC/C=C\C/C=C\CCCCCC. The Bertz CT molecular complexity index is 1480. The zero-order valence-electron chi connectivity index (χ0n) is 49.3. The molecule has 0 saturated carbocycles. The van der Waals surface area contributed by atoms with Gasteiger partial charge in [-0.3, -0.25) is 14.4 Å². The Morgan fingerprint density at radius 3 is 0.840 bits per heavy atom. The molecule has 0 aliphatic carbocycles. The van der Waals surface area contributed by atoms with Gasteiger partial charge in [0, 0.05) is 19.3 Å². The number of allylic oxidation sites excluding steroid dienone is 16. The molecule has 6 heteroatoms. The van der Waals surface area contributed by atoms with Crippen molar-refractivity contribution in [1.29, 1.82) is 0 Å². The zero-order chi connectivity index (χ0) is 54.3. The monoisotopic (exact) mass is 1040 g/mol. The molecule has 0 aromatic heterocycles. The summed E-state index contributed by atoms with van der Waals surface area (Å²) in [5.41, 5.74) is 0. The average molecular weight is 1040 g/mol. The molecule has 1 unspecified atom stereocenters. The topological polar surface area (TPSA) is 78.9 Å². The number of ether oxygens (including phenoxy) is 3. The number of unbranched alkanes of at least 4 members (excludes halogenated alkanes) is 30. The first-order valence-corrected chi connectivity index (χ1v) is 31.7. The highest BCUT2D eigenvalue weighted by Gasteiger charge is 2.19. The van der Waals surface area contributed by atoms with E-state index in [4.69, 9.17) is 14.2 Å². The minimum atomic E-state index is -0.792. The molecule has 0 N–H and O–H groups in total. The lowest BCUT2D eigenvalue weighted by atomic mass is 10.1. The summed E-state index contributed by atoms with van der Waals surface area (Å²) in [6, 6.07) is 0. The molecule has 0 fully saturated rings. The highest BCUT2D eigenvalue weighted by Crippen LogP contribution is 2.15. The van der Waals surface area contributed by atoms with Gasteiger partial charge in [-0.25, -0.2) is 0 Å². The van der Waals surface area contributed by atoms with Crippen LogP contribution in [0.15, 0.2) is 97.2 Å². The van der Waals surface area contributed by atoms with Gasteiger partial charge < -0.3 is 14.2 Å². The van der Waals surface area contributed by atoms with Crippen LogP contribution >= 0.6 is 0 Å². The summed E-state index contributed by atoms with van der Waals surface area (Å²) >= 11 is 0. The van der Waals surface area contributed by atoms with E-state index in [0.29, 0.717) is 19.3 Å². The summed E-state index contributed by atoms with van der Waals surface area (Å²) < 4.78 is 16.9. The first-order chi connectivity index (χ1) is 37.0. The van der Waals surface area contributed by atoms with Gasteiger partial charge in [0.05, 0.1) is 0 Å². The van der Waals surface area contributed by atoms with Gasteiger partial charge in [0.25, 0.3) is 0 Å². The Labute approximate surface area is 464 Å². The van der Waals surface area contributed by atoms with Gasteiger partial charge >= 0.3 is 17.9 Å². The van der Waals surface area contributed by atoms with Crippen LogP contribution in [0.5, 0.6) is 0 Å². The van der Waals surface area contributed by atoms with Gasteiger partial charge in [0.15, 0.2) is 6.10 Å². The summed E-state index contributed by atoms with van der Waals surface area (Å²) in [5.74, 6) is -0.906. The van der Waals surface area contributed by atoms with E-state index in [1.54, 1.807) is 0 Å². The summed E-state index contributed by atoms with van der Waals surface area (Å²) in [5, 5.41) is 0. The predicted molar refractivity (Wildman–Crippen MR) is 325 cm³/mol. The largest absolute Gasteiger partial charge is 0.462 e. The smallest absolute Gasteiger partial charge is 0.306 e. The van der Waals surface area contributed by atoms with Gasteiger partial charge in [-0.15, -0.1) is 0 Å². The molecule has 0 aromatic carbocycles. The molecule has 0 amide bonds. The highest BCUT2D eigenvalue weighted by atomic mass is 16.6. The van der Waals surface area contributed by atoms with Crippen molar-refractivity contribution in [2.24, 2.45) is 0 Å². The van der Waals surface area contributed by atoms with Crippen molar-refractivity contribution in [2.45, 2.75) is 309 Å². The molecule has 6 nitrogen and oxygen atoms in total. The number of carbonyl (C=O) groups is 3. The van der Waals surface area contributed by atoms with Crippen LogP contribution in [0.4, 0.5) is 0 Å². The standard InChI is InChI=1S/C69H118O6/c1-4-7-10-13-16-19-22-25-28-31-33-34-35-36-37-39-41-44-47-50-53-56-59-62-68(71)74-65-66(64-73-67(70)61-58-55-52-49-46-43-40-30-27-24-21-18-15-12-9-6-3)75-69(72)63-60-57-54-51-48-45-42-38-32-29-26-23-20-17-14-11-8-5-2/h7,10,16,19-20,23,25,28-30,32-34,36-37,40,66H,4-6,8-9,11-15,17-18,21-22,24,26-27,31,35,38-39,41-65H2,1-3H3/b10-7-,19-16-,23-20-,28-25-,32-29-,34-33-,37-36-,40-30-. The number of carbonyl (C=O) groups excluding carboxylic acids is 3. The van der Waals surface area contributed by atoms with E-state index in [1.165, 1.54) is 148 Å². The number of hydrogen-bond acceptors (Lipinski definition) is 6. The van der Waals surface area contributed by atoms with Gasteiger partial charge in [0.1, 0.15) is 13.2 Å². The van der Waals surface area contributed by atoms with Crippen LogP contribution in [-0.4, -0.2) is 37.2 Å². The Balaban J connectivity index is 4.42. The molecule has 0 saturated heterocycles. The van der Waals surface area contributed by atoms with Crippen LogP contribution in [0.2, 0.25) is 0 Å². The lowest BCUT2D eigenvalue weighted by molar-refractivity contribution is -0.167. The van der Waals surface area contributed by atoms with Crippen LogP contribution < -0.4 is 0 Å². The summed E-state index contributed by atoms with van der Waals surface area (Å²) in [6.45, 7) is 6.51. The van der Waals surface area contributed by atoms with Crippen molar-refractivity contribution in [3.05, 3.63) is 97.2 Å². The van der Waals surface area contributed by atoms with Crippen LogP contribution in [0, 0.1) is 0 Å². The van der Waals surface area contributed by atoms with Crippen molar-refractivity contribution in [2.75, 3.05) is 13.2 Å². The maximum Gasteiger partial charge on any atom is 0.306 e. The summed E-state index contributed by atoms with van der Waals surface area (Å²) in [6.07, 6.45) is 84.0. The molecule has 1 atom stereocenters. The normalized spacial score (nSPS) is 12.7. The maximum atomic E-state index is 12.9. The minimum Gasteiger partial charge on any atom is -0.462 e. The number of hydrogen-bond donors (Lipinski definition) is 0. The summed E-state index contributed by atoms with van der Waals surface area (Å²) in [7, 11) is 0. The highest BCUT2D eigenvalue weighted by molar-refractivity contribution is 5.71. The zero-order valence-corrected chi connectivity index (χ0v) is 49.3. The van der Waals surface area contributed by atoms with Crippen molar-refractivity contribution in [3.8, 4) is 0 Å². The minimum absolute atomic E-state index is 0.0882.